The van der Waals surface area contributed by atoms with E-state index in [9.17, 15) is 9.90 Å². The van der Waals surface area contributed by atoms with Crippen LogP contribution in [0.4, 0.5) is 0 Å². The molecule has 0 unspecified atom stereocenters. The van der Waals surface area contributed by atoms with Gasteiger partial charge in [-0.25, -0.2) is 0 Å². The lowest BCUT2D eigenvalue weighted by molar-refractivity contribution is -0.142. The molecule has 0 radical (unpaired) electrons. The van der Waals surface area contributed by atoms with E-state index in [0.29, 0.717) is 0 Å². The molecule has 1 N–H and O–H groups in total. The molecule has 1 saturated carbocycles. The lowest BCUT2D eigenvalue weighted by Gasteiger charge is -2.44. The van der Waals surface area contributed by atoms with Gasteiger partial charge in [-0.05, 0) is 24.3 Å². The van der Waals surface area contributed by atoms with Crippen LogP contribution in [0.1, 0.15) is 71.1 Å². The zero-order valence-electron chi connectivity index (χ0n) is 14.1. The summed E-state index contributed by atoms with van der Waals surface area (Å²) < 4.78 is 0. The summed E-state index contributed by atoms with van der Waals surface area (Å²) >= 11 is 0. The van der Waals surface area contributed by atoms with Crippen LogP contribution in [0.3, 0.4) is 0 Å². The summed E-state index contributed by atoms with van der Waals surface area (Å²) in [7, 11) is -1.15. The average Bonchev–Trinajstić information content (AvgIpc) is 2.48. The number of hydrogen-bond acceptors (Lipinski definition) is 1. The maximum atomic E-state index is 11.1. The number of carboxylic acids is 1. The van der Waals surface area contributed by atoms with Crippen molar-refractivity contribution in [1.82, 2.24) is 0 Å². The minimum atomic E-state index is -1.15. The van der Waals surface area contributed by atoms with Crippen LogP contribution < -0.4 is 0 Å². The predicted molar refractivity (Wildman–Crippen MR) is 91.4 cm³/mol. The van der Waals surface area contributed by atoms with Crippen LogP contribution in [-0.4, -0.2) is 19.1 Å². The van der Waals surface area contributed by atoms with E-state index in [1.807, 2.05) is 0 Å². The zero-order chi connectivity index (χ0) is 15.3. The van der Waals surface area contributed by atoms with Crippen molar-refractivity contribution in [2.45, 2.75) is 95.3 Å². The standard InChI is InChI=1S/C18H34O2Si/c1-3-4-5-6-15-7-9-17(10-8-15)21(2)13-11-16(12-14-21)18(19)20/h15-17H,3-14H2,1-2H3,(H,19,20)/t15-,16?,17-,21?. The van der Waals surface area contributed by atoms with Crippen molar-refractivity contribution in [2.75, 3.05) is 0 Å². The number of rotatable bonds is 6. The Labute approximate surface area is 131 Å². The van der Waals surface area contributed by atoms with Gasteiger partial charge < -0.3 is 5.11 Å². The quantitative estimate of drug-likeness (QED) is 0.504. The summed E-state index contributed by atoms with van der Waals surface area (Å²) in [5.41, 5.74) is 0.995. The predicted octanol–water partition coefficient (Wildman–Crippen LogP) is 5.70. The van der Waals surface area contributed by atoms with Crippen molar-refractivity contribution in [1.29, 1.82) is 0 Å². The molecule has 0 bridgehead atoms. The lowest BCUT2D eigenvalue weighted by atomic mass is 9.85. The van der Waals surface area contributed by atoms with Gasteiger partial charge in [0.05, 0.1) is 14.0 Å². The molecule has 1 heterocycles. The molecular weight excluding hydrogens is 276 g/mol. The molecule has 3 heteroatoms. The fourth-order valence-electron chi connectivity index (χ4n) is 4.76. The Bertz CT molecular complexity index is 326. The second kappa shape index (κ2) is 7.80. The van der Waals surface area contributed by atoms with Crippen molar-refractivity contribution >= 4 is 14.0 Å². The molecule has 1 aliphatic carbocycles. The Morgan fingerprint density at radius 1 is 1.05 bits per heavy atom. The van der Waals surface area contributed by atoms with Gasteiger partial charge in [-0.3, -0.25) is 4.79 Å². The fraction of sp³-hybridized carbons (Fsp3) is 0.944. The molecule has 2 rings (SSSR count). The summed E-state index contributed by atoms with van der Waals surface area (Å²) in [5.74, 6) is 0.419. The summed E-state index contributed by atoms with van der Waals surface area (Å²) in [5, 5.41) is 9.17. The second-order valence-corrected chi connectivity index (χ2v) is 13.1. The maximum Gasteiger partial charge on any atom is 0.306 e. The first kappa shape index (κ1) is 17.0. The topological polar surface area (TPSA) is 37.3 Å². The molecular formula is C18H34O2Si. The van der Waals surface area contributed by atoms with E-state index >= 15 is 0 Å². The Morgan fingerprint density at radius 2 is 1.67 bits per heavy atom. The van der Waals surface area contributed by atoms with Gasteiger partial charge in [-0.2, -0.15) is 0 Å². The smallest absolute Gasteiger partial charge is 0.306 e. The third kappa shape index (κ3) is 4.58. The van der Waals surface area contributed by atoms with E-state index in [4.69, 9.17) is 0 Å². The molecule has 0 aromatic carbocycles. The molecule has 2 aliphatic rings. The molecule has 122 valence electrons. The van der Waals surface area contributed by atoms with Crippen LogP contribution in [0.5, 0.6) is 0 Å². The van der Waals surface area contributed by atoms with Crippen LogP contribution in [0, 0.1) is 11.8 Å². The highest BCUT2D eigenvalue weighted by atomic mass is 28.3. The maximum absolute atomic E-state index is 11.1. The highest BCUT2D eigenvalue weighted by Crippen LogP contribution is 2.48. The Hall–Kier alpha value is -0.313. The van der Waals surface area contributed by atoms with Crippen molar-refractivity contribution in [3.8, 4) is 0 Å². The highest BCUT2D eigenvalue weighted by molar-refractivity contribution is 6.80. The molecule has 2 nitrogen and oxygen atoms in total. The molecule has 0 spiro atoms. The van der Waals surface area contributed by atoms with Crippen molar-refractivity contribution in [3.05, 3.63) is 0 Å². The first-order valence-corrected chi connectivity index (χ1v) is 12.3. The normalized spacial score (nSPS) is 37.3. The van der Waals surface area contributed by atoms with Gasteiger partial charge in [-0.15, -0.1) is 0 Å². The Kier molecular flexibility index (Phi) is 6.33. The molecule has 1 saturated heterocycles. The molecule has 0 atom stereocenters. The fourth-order valence-corrected chi connectivity index (χ4v) is 9.57. The van der Waals surface area contributed by atoms with Gasteiger partial charge in [-0.1, -0.05) is 76.9 Å². The summed E-state index contributed by atoms with van der Waals surface area (Å²) in [6.45, 7) is 4.87. The van der Waals surface area contributed by atoms with E-state index in [1.54, 1.807) is 0 Å². The zero-order valence-corrected chi connectivity index (χ0v) is 15.1. The molecule has 0 aromatic rings. The van der Waals surface area contributed by atoms with Crippen molar-refractivity contribution in [2.24, 2.45) is 11.8 Å². The van der Waals surface area contributed by atoms with Crippen LogP contribution in [0.25, 0.3) is 0 Å². The number of unbranched alkanes of at least 4 members (excludes halogenated alkanes) is 2. The van der Waals surface area contributed by atoms with Crippen LogP contribution in [0.2, 0.25) is 24.2 Å². The number of carbonyl (C=O) groups is 1. The van der Waals surface area contributed by atoms with Gasteiger partial charge in [0.15, 0.2) is 0 Å². The van der Waals surface area contributed by atoms with Gasteiger partial charge in [0.2, 0.25) is 0 Å². The third-order valence-corrected chi connectivity index (χ3v) is 11.9. The lowest BCUT2D eigenvalue weighted by Crippen LogP contribution is -2.42. The number of hydrogen-bond donors (Lipinski definition) is 1. The minimum Gasteiger partial charge on any atom is -0.481 e. The monoisotopic (exact) mass is 310 g/mol. The van der Waals surface area contributed by atoms with E-state index in [0.717, 1.165) is 24.3 Å². The Morgan fingerprint density at radius 3 is 2.19 bits per heavy atom. The summed E-state index contributed by atoms with van der Waals surface area (Å²) in [4.78, 5) is 11.1. The molecule has 0 amide bonds. The van der Waals surface area contributed by atoms with E-state index < -0.39 is 14.0 Å². The third-order valence-electron chi connectivity index (χ3n) is 6.53. The molecule has 0 aromatic heterocycles. The first-order chi connectivity index (χ1) is 10.0. The van der Waals surface area contributed by atoms with Gasteiger partial charge >= 0.3 is 5.97 Å². The van der Waals surface area contributed by atoms with Crippen LogP contribution in [0.15, 0.2) is 0 Å². The van der Waals surface area contributed by atoms with E-state index in [2.05, 4.69) is 13.5 Å². The second-order valence-electron chi connectivity index (χ2n) is 7.98. The van der Waals surface area contributed by atoms with Crippen molar-refractivity contribution in [3.63, 3.8) is 0 Å². The minimum absolute atomic E-state index is 0.0315. The average molecular weight is 311 g/mol. The van der Waals surface area contributed by atoms with Gasteiger partial charge in [0, 0.05) is 0 Å². The molecule has 1 aliphatic heterocycles. The number of carboxylic acid groups (broad SMARTS) is 1. The summed E-state index contributed by atoms with van der Waals surface area (Å²) in [6.07, 6.45) is 13.4. The SMILES string of the molecule is CCCCC[C@H]1CC[C@H]([Si]2(C)CCC(C(=O)O)CC2)CC1. The van der Waals surface area contributed by atoms with E-state index in [-0.39, 0.29) is 5.92 Å². The van der Waals surface area contributed by atoms with Gasteiger partial charge in [0.1, 0.15) is 0 Å². The van der Waals surface area contributed by atoms with Crippen molar-refractivity contribution < 1.29 is 9.90 Å². The molecule has 21 heavy (non-hydrogen) atoms. The van der Waals surface area contributed by atoms with Gasteiger partial charge in [0.25, 0.3) is 0 Å². The summed E-state index contributed by atoms with van der Waals surface area (Å²) in [6, 6.07) is 2.55. The molecule has 2 fully saturated rings. The Balaban J connectivity index is 1.75. The van der Waals surface area contributed by atoms with Crippen LogP contribution >= 0.6 is 0 Å². The first-order valence-electron chi connectivity index (χ1n) is 9.28. The number of aliphatic carboxylic acids is 1. The largest absolute Gasteiger partial charge is 0.481 e. The van der Waals surface area contributed by atoms with E-state index in [1.165, 1.54) is 63.5 Å². The highest BCUT2D eigenvalue weighted by Gasteiger charge is 2.42. The van der Waals surface area contributed by atoms with Crippen LogP contribution in [-0.2, 0) is 4.79 Å².